The second-order valence-corrected chi connectivity index (χ2v) is 8.89. The van der Waals surface area contributed by atoms with E-state index in [1.165, 1.54) is 0 Å². The fourth-order valence-electron chi connectivity index (χ4n) is 4.53. The van der Waals surface area contributed by atoms with Gasteiger partial charge in [-0.25, -0.2) is 13.6 Å². The van der Waals surface area contributed by atoms with Gasteiger partial charge in [0.25, 0.3) is 5.92 Å². The minimum absolute atomic E-state index is 0.100. The average Bonchev–Trinajstić information content (AvgIpc) is 3.22. The summed E-state index contributed by atoms with van der Waals surface area (Å²) in [7, 11) is 0. The zero-order valence-corrected chi connectivity index (χ0v) is 18.8. The van der Waals surface area contributed by atoms with Crippen LogP contribution in [0.3, 0.4) is 0 Å². The van der Waals surface area contributed by atoms with Gasteiger partial charge in [0.05, 0.1) is 11.8 Å². The van der Waals surface area contributed by atoms with Gasteiger partial charge in [-0.05, 0) is 29.2 Å². The zero-order chi connectivity index (χ0) is 24.6. The van der Waals surface area contributed by atoms with Crippen LogP contribution in [0, 0.1) is 17.8 Å². The first-order valence-electron chi connectivity index (χ1n) is 11.1. The molecule has 1 saturated carbocycles. The maximum atomic E-state index is 13.5. The van der Waals surface area contributed by atoms with E-state index < -0.39 is 54.2 Å². The summed E-state index contributed by atoms with van der Waals surface area (Å²) in [5, 5.41) is 13.8. The number of benzene rings is 2. The molecule has 0 bridgehead atoms. The normalized spacial score (nSPS) is 21.5. The highest BCUT2D eigenvalue weighted by molar-refractivity contribution is 5.81. The molecule has 2 aliphatic carbocycles. The van der Waals surface area contributed by atoms with Crippen LogP contribution in [0.5, 0.6) is 0 Å². The van der Waals surface area contributed by atoms with Gasteiger partial charge in [0.1, 0.15) is 12.5 Å². The van der Waals surface area contributed by atoms with E-state index in [1.54, 1.807) is 13.8 Å². The van der Waals surface area contributed by atoms with E-state index >= 15 is 0 Å². The summed E-state index contributed by atoms with van der Waals surface area (Å²) in [5.74, 6) is -9.51. The third-order valence-electron chi connectivity index (χ3n) is 6.82. The van der Waals surface area contributed by atoms with Crippen molar-refractivity contribution in [3.63, 3.8) is 0 Å². The molecular weight excluding hydrogens is 446 g/mol. The second kappa shape index (κ2) is 9.04. The molecule has 4 rings (SSSR count). The molecule has 0 aromatic heterocycles. The predicted octanol–water partition coefficient (Wildman–Crippen LogP) is 3.63. The molecule has 2 aromatic carbocycles. The number of rotatable bonds is 8. The fourth-order valence-corrected chi connectivity index (χ4v) is 4.53. The summed E-state index contributed by atoms with van der Waals surface area (Å²) in [5.41, 5.74) is 4.37. The van der Waals surface area contributed by atoms with Crippen molar-refractivity contribution in [2.45, 2.75) is 31.7 Å². The predicted molar refractivity (Wildman–Crippen MR) is 119 cm³/mol. The van der Waals surface area contributed by atoms with Crippen molar-refractivity contribution in [1.82, 2.24) is 10.6 Å². The number of carbonyl (C=O) groups excluding carboxylic acids is 2. The Hall–Kier alpha value is -3.49. The number of carbonyl (C=O) groups is 3. The number of nitrogens with one attached hydrogen (secondary N) is 2. The van der Waals surface area contributed by atoms with Crippen LogP contribution in [0.1, 0.15) is 30.9 Å². The summed E-state index contributed by atoms with van der Waals surface area (Å²) in [4.78, 5) is 35.6. The molecule has 2 aromatic rings. The lowest BCUT2D eigenvalue weighted by Crippen LogP contribution is -2.45. The molecule has 9 heteroatoms. The molecular formula is C25H26F2N2O5. The summed E-state index contributed by atoms with van der Waals surface area (Å²) >= 11 is 0. The third kappa shape index (κ3) is 4.34. The molecule has 2 aliphatic rings. The Labute approximate surface area is 195 Å². The molecule has 2 unspecified atom stereocenters. The van der Waals surface area contributed by atoms with Gasteiger partial charge in [-0.3, -0.25) is 9.59 Å². The van der Waals surface area contributed by atoms with E-state index in [9.17, 15) is 23.2 Å². The molecule has 0 saturated heterocycles. The first-order valence-corrected chi connectivity index (χ1v) is 11.1. The lowest BCUT2D eigenvalue weighted by molar-refractivity contribution is -0.141. The Morgan fingerprint density at radius 2 is 1.59 bits per heavy atom. The quantitative estimate of drug-likeness (QED) is 0.544. The Bertz CT molecular complexity index is 1080. The van der Waals surface area contributed by atoms with Crippen molar-refractivity contribution in [1.29, 1.82) is 0 Å². The Balaban J connectivity index is 1.28. The molecule has 3 N–H and O–H groups in total. The number of amides is 2. The number of fused-ring (bicyclic) bond motifs is 3. The number of aliphatic carboxylic acids is 1. The van der Waals surface area contributed by atoms with Crippen molar-refractivity contribution in [3.05, 3.63) is 59.7 Å². The lowest BCUT2D eigenvalue weighted by Gasteiger charge is -2.21. The zero-order valence-electron chi connectivity index (χ0n) is 18.8. The van der Waals surface area contributed by atoms with Crippen LogP contribution in [0.2, 0.25) is 0 Å². The highest BCUT2D eigenvalue weighted by Crippen LogP contribution is 2.54. The minimum atomic E-state index is -3.33. The van der Waals surface area contributed by atoms with E-state index in [0.717, 1.165) is 22.3 Å². The Morgan fingerprint density at radius 1 is 1.03 bits per heavy atom. The van der Waals surface area contributed by atoms with Gasteiger partial charge in [0, 0.05) is 18.5 Å². The fraction of sp³-hybridized carbons (Fsp3) is 0.400. The van der Waals surface area contributed by atoms with E-state index in [-0.39, 0.29) is 12.5 Å². The first-order chi connectivity index (χ1) is 16.1. The molecule has 7 nitrogen and oxygen atoms in total. The smallest absolute Gasteiger partial charge is 0.407 e. The number of halogens is 2. The van der Waals surface area contributed by atoms with Gasteiger partial charge >= 0.3 is 12.1 Å². The SMILES string of the molecule is CC(NC(=O)OCC1c2ccccc2-c2ccccc21)C(C)C(=O)NC[C@@H]1[C@H](C(=O)O)C1(F)F. The number of carboxylic acid groups (broad SMARTS) is 1. The summed E-state index contributed by atoms with van der Waals surface area (Å²) in [6.45, 7) is 2.84. The number of hydrogen-bond acceptors (Lipinski definition) is 4. The molecule has 0 aliphatic heterocycles. The molecule has 2 amide bonds. The van der Waals surface area contributed by atoms with Crippen molar-refractivity contribution < 1.29 is 33.0 Å². The number of alkyl halides is 2. The van der Waals surface area contributed by atoms with Gasteiger partial charge < -0.3 is 20.5 Å². The molecule has 34 heavy (non-hydrogen) atoms. The number of ether oxygens (including phenoxy) is 1. The van der Waals surface area contributed by atoms with Gasteiger partial charge in [-0.15, -0.1) is 0 Å². The summed E-state index contributed by atoms with van der Waals surface area (Å²) in [6, 6.07) is 15.3. The average molecular weight is 472 g/mol. The van der Waals surface area contributed by atoms with Crippen LogP contribution in [-0.2, 0) is 14.3 Å². The number of alkyl carbamates (subject to hydrolysis) is 1. The minimum Gasteiger partial charge on any atom is -0.481 e. The van der Waals surface area contributed by atoms with Crippen molar-refractivity contribution in [3.8, 4) is 11.1 Å². The Kier molecular flexibility index (Phi) is 6.29. The van der Waals surface area contributed by atoms with Crippen LogP contribution < -0.4 is 10.6 Å². The van der Waals surface area contributed by atoms with E-state index in [4.69, 9.17) is 9.84 Å². The summed E-state index contributed by atoms with van der Waals surface area (Å²) in [6.07, 6.45) is -0.686. The second-order valence-electron chi connectivity index (χ2n) is 8.89. The van der Waals surface area contributed by atoms with Crippen molar-refractivity contribution in [2.24, 2.45) is 17.8 Å². The van der Waals surface area contributed by atoms with Gasteiger partial charge in [-0.2, -0.15) is 0 Å². The van der Waals surface area contributed by atoms with Crippen LogP contribution in [0.4, 0.5) is 13.6 Å². The van der Waals surface area contributed by atoms with E-state index in [2.05, 4.69) is 10.6 Å². The largest absolute Gasteiger partial charge is 0.481 e. The molecule has 4 atom stereocenters. The summed E-state index contributed by atoms with van der Waals surface area (Å²) < 4.78 is 32.4. The van der Waals surface area contributed by atoms with Gasteiger partial charge in [-0.1, -0.05) is 55.5 Å². The maximum absolute atomic E-state index is 13.5. The van der Waals surface area contributed by atoms with E-state index in [0.29, 0.717) is 0 Å². The molecule has 0 heterocycles. The van der Waals surface area contributed by atoms with Crippen LogP contribution in [0.15, 0.2) is 48.5 Å². The van der Waals surface area contributed by atoms with Crippen LogP contribution in [0.25, 0.3) is 11.1 Å². The number of hydrogen-bond donors (Lipinski definition) is 3. The molecule has 1 fully saturated rings. The van der Waals surface area contributed by atoms with Gasteiger partial charge in [0.15, 0.2) is 0 Å². The highest BCUT2D eigenvalue weighted by Gasteiger charge is 2.72. The molecule has 180 valence electrons. The molecule has 0 spiro atoms. The van der Waals surface area contributed by atoms with Crippen molar-refractivity contribution in [2.75, 3.05) is 13.2 Å². The lowest BCUT2D eigenvalue weighted by atomic mass is 9.98. The topological polar surface area (TPSA) is 105 Å². The number of carboxylic acids is 1. The first kappa shape index (κ1) is 23.7. The van der Waals surface area contributed by atoms with Crippen LogP contribution in [-0.4, -0.2) is 48.2 Å². The Morgan fingerprint density at radius 3 is 2.12 bits per heavy atom. The highest BCUT2D eigenvalue weighted by atomic mass is 19.3. The third-order valence-corrected chi connectivity index (χ3v) is 6.82. The van der Waals surface area contributed by atoms with Gasteiger partial charge in [0.2, 0.25) is 5.91 Å². The van der Waals surface area contributed by atoms with E-state index in [1.807, 2.05) is 48.5 Å². The monoisotopic (exact) mass is 472 g/mol. The maximum Gasteiger partial charge on any atom is 0.407 e. The standard InChI is InChI=1S/C25H26F2N2O5/c1-13(22(30)28-11-20-21(23(31)32)25(20,26)27)14(2)29-24(33)34-12-19-17-9-5-3-7-15(17)16-8-4-6-10-18(16)19/h3-10,13-14,19-21H,11-12H2,1-2H3,(H,28,30)(H,29,33)(H,31,32)/t13?,14?,20-,21-/m1/s1. The molecule has 0 radical (unpaired) electrons. The van der Waals surface area contributed by atoms with Crippen LogP contribution >= 0.6 is 0 Å². The van der Waals surface area contributed by atoms with Crippen molar-refractivity contribution >= 4 is 18.0 Å².